The zero-order valence-electron chi connectivity index (χ0n) is 7.53. The first kappa shape index (κ1) is 13.6. The normalized spacial score (nSPS) is 11.9. The van der Waals surface area contributed by atoms with Crippen molar-refractivity contribution in [1.82, 2.24) is 4.72 Å². The van der Waals surface area contributed by atoms with Gasteiger partial charge in [0.05, 0.1) is 7.57 Å². The summed E-state index contributed by atoms with van der Waals surface area (Å²) in [6, 6.07) is 1.54. The number of aliphatic hydroxyl groups excluding tert-OH is 1. The molecule has 0 spiro atoms. The van der Waals surface area contributed by atoms with Crippen LogP contribution in [0.1, 0.15) is 6.42 Å². The maximum absolute atomic E-state index is 11.7. The fraction of sp³-hybridized carbons (Fsp3) is 0.429. The first-order valence-electron chi connectivity index (χ1n) is 4.02. The second-order valence-electron chi connectivity index (χ2n) is 2.66. The molecule has 0 fully saturated rings. The molecule has 0 atom stereocenters. The highest BCUT2D eigenvalue weighted by Crippen LogP contribution is 2.34. The summed E-state index contributed by atoms with van der Waals surface area (Å²) < 4.78 is 27.1. The first-order chi connectivity index (χ1) is 6.97. The van der Waals surface area contributed by atoms with Gasteiger partial charge in [0, 0.05) is 13.2 Å². The third-order valence-electron chi connectivity index (χ3n) is 1.54. The minimum absolute atomic E-state index is 0.0307. The Morgan fingerprint density at radius 1 is 1.47 bits per heavy atom. The van der Waals surface area contributed by atoms with Crippen molar-refractivity contribution in [3.63, 3.8) is 0 Å². The van der Waals surface area contributed by atoms with E-state index in [0.717, 1.165) is 3.79 Å². The highest BCUT2D eigenvalue weighted by molar-refractivity contribution is 9.12. The number of hydrogen-bond donors (Lipinski definition) is 2. The molecule has 15 heavy (non-hydrogen) atoms. The Bertz CT molecular complexity index is 429. The van der Waals surface area contributed by atoms with Crippen LogP contribution in [0.3, 0.4) is 0 Å². The smallest absolute Gasteiger partial charge is 0.242 e. The first-order valence-corrected chi connectivity index (χ1v) is 7.91. The second-order valence-corrected chi connectivity index (χ2v) is 8.15. The van der Waals surface area contributed by atoms with Gasteiger partial charge >= 0.3 is 0 Å². The molecule has 0 radical (unpaired) electrons. The van der Waals surface area contributed by atoms with E-state index < -0.39 is 10.0 Å². The summed E-state index contributed by atoms with van der Waals surface area (Å²) in [7, 11) is -3.47. The molecule has 0 unspecified atom stereocenters. The van der Waals surface area contributed by atoms with Crippen molar-refractivity contribution in [3.8, 4) is 0 Å². The standard InChI is InChI=1S/C7H9Br2NO3S2/c8-6-4-5(7(9)14-6)15(12,13)10-2-1-3-11/h4,10-11H,1-3H2. The molecule has 2 N–H and O–H groups in total. The highest BCUT2D eigenvalue weighted by Gasteiger charge is 2.19. The summed E-state index contributed by atoms with van der Waals surface area (Å²) in [6.45, 7) is 0.204. The van der Waals surface area contributed by atoms with Crippen LogP contribution in [0.25, 0.3) is 0 Å². The van der Waals surface area contributed by atoms with Crippen LogP contribution in [0.5, 0.6) is 0 Å². The van der Waals surface area contributed by atoms with E-state index in [2.05, 4.69) is 36.6 Å². The van der Waals surface area contributed by atoms with Crippen LogP contribution >= 0.6 is 43.2 Å². The molecule has 0 bridgehead atoms. The average molecular weight is 379 g/mol. The lowest BCUT2D eigenvalue weighted by Crippen LogP contribution is -2.25. The fourth-order valence-corrected chi connectivity index (χ4v) is 5.76. The van der Waals surface area contributed by atoms with E-state index in [9.17, 15) is 8.42 Å². The van der Waals surface area contributed by atoms with E-state index in [4.69, 9.17) is 5.11 Å². The van der Waals surface area contributed by atoms with Gasteiger partial charge in [0.25, 0.3) is 0 Å². The zero-order chi connectivity index (χ0) is 11.5. The third kappa shape index (κ3) is 3.79. The number of aliphatic hydroxyl groups is 1. The molecular formula is C7H9Br2NO3S2. The molecule has 0 amide bonds. The molecule has 86 valence electrons. The van der Waals surface area contributed by atoms with Crippen molar-refractivity contribution in [1.29, 1.82) is 0 Å². The molecule has 0 saturated heterocycles. The van der Waals surface area contributed by atoms with Gasteiger partial charge in [-0.05, 0) is 44.3 Å². The molecule has 0 aliphatic carbocycles. The Morgan fingerprint density at radius 3 is 2.60 bits per heavy atom. The topological polar surface area (TPSA) is 66.4 Å². The van der Waals surface area contributed by atoms with E-state index >= 15 is 0 Å². The molecule has 0 aliphatic heterocycles. The van der Waals surface area contributed by atoms with Gasteiger partial charge in [0.1, 0.15) is 4.90 Å². The van der Waals surface area contributed by atoms with Crippen molar-refractivity contribution < 1.29 is 13.5 Å². The Labute approximate surface area is 109 Å². The maximum Gasteiger partial charge on any atom is 0.242 e. The number of hydrogen-bond acceptors (Lipinski definition) is 4. The Hall–Kier alpha value is 0.530. The van der Waals surface area contributed by atoms with Crippen molar-refractivity contribution in [2.45, 2.75) is 11.3 Å². The predicted octanol–water partition coefficient (Wildman–Crippen LogP) is 1.93. The maximum atomic E-state index is 11.7. The summed E-state index contributed by atoms with van der Waals surface area (Å²) in [6.07, 6.45) is 0.405. The third-order valence-corrected chi connectivity index (χ3v) is 5.76. The molecule has 4 nitrogen and oxygen atoms in total. The van der Waals surface area contributed by atoms with Crippen molar-refractivity contribution >= 4 is 53.2 Å². The van der Waals surface area contributed by atoms with Gasteiger partial charge in [-0.25, -0.2) is 13.1 Å². The van der Waals surface area contributed by atoms with Gasteiger partial charge in [-0.3, -0.25) is 0 Å². The quantitative estimate of drug-likeness (QED) is 0.769. The van der Waals surface area contributed by atoms with Crippen LogP contribution in [0.2, 0.25) is 0 Å². The summed E-state index contributed by atoms with van der Waals surface area (Å²) in [5.74, 6) is 0. The molecule has 1 rings (SSSR count). The van der Waals surface area contributed by atoms with Crippen molar-refractivity contribution in [2.75, 3.05) is 13.2 Å². The van der Waals surface area contributed by atoms with Crippen LogP contribution < -0.4 is 4.72 Å². The second kappa shape index (κ2) is 5.74. The van der Waals surface area contributed by atoms with Crippen molar-refractivity contribution in [3.05, 3.63) is 13.6 Å². The average Bonchev–Trinajstić information content (AvgIpc) is 2.46. The summed E-state index contributed by atoms with van der Waals surface area (Å²) in [4.78, 5) is 0.220. The fourth-order valence-electron chi connectivity index (χ4n) is 0.872. The van der Waals surface area contributed by atoms with E-state index in [0.29, 0.717) is 10.2 Å². The number of sulfonamides is 1. The van der Waals surface area contributed by atoms with Crippen LogP contribution in [0, 0.1) is 0 Å². The highest BCUT2D eigenvalue weighted by atomic mass is 79.9. The van der Waals surface area contributed by atoms with Gasteiger partial charge in [-0.15, -0.1) is 11.3 Å². The molecule has 0 aliphatic rings. The van der Waals surface area contributed by atoms with Crippen LogP contribution in [-0.4, -0.2) is 26.7 Å². The lowest BCUT2D eigenvalue weighted by molar-refractivity contribution is 0.289. The van der Waals surface area contributed by atoms with E-state index in [1.54, 1.807) is 0 Å². The molecule has 1 aromatic rings. The number of nitrogens with one attached hydrogen (secondary N) is 1. The monoisotopic (exact) mass is 377 g/mol. The Kier molecular flexibility index (Phi) is 5.20. The Morgan fingerprint density at radius 2 is 2.13 bits per heavy atom. The predicted molar refractivity (Wildman–Crippen MR) is 66.6 cm³/mol. The van der Waals surface area contributed by atoms with Gasteiger partial charge in [-0.1, -0.05) is 0 Å². The van der Waals surface area contributed by atoms with E-state index in [1.807, 2.05) is 0 Å². The van der Waals surface area contributed by atoms with Crippen LogP contribution in [0.15, 0.2) is 18.5 Å². The molecule has 1 heterocycles. The van der Waals surface area contributed by atoms with Gasteiger partial charge in [0.15, 0.2) is 0 Å². The van der Waals surface area contributed by atoms with Crippen LogP contribution in [-0.2, 0) is 10.0 Å². The number of halogens is 2. The molecular weight excluding hydrogens is 370 g/mol. The number of thiophene rings is 1. The van der Waals surface area contributed by atoms with Crippen LogP contribution in [0.4, 0.5) is 0 Å². The van der Waals surface area contributed by atoms with E-state index in [1.165, 1.54) is 17.4 Å². The van der Waals surface area contributed by atoms with Gasteiger partial charge in [-0.2, -0.15) is 0 Å². The lowest BCUT2D eigenvalue weighted by Gasteiger charge is -2.03. The van der Waals surface area contributed by atoms with E-state index in [-0.39, 0.29) is 18.0 Å². The molecule has 1 aromatic heterocycles. The Balaban J connectivity index is 2.82. The molecule has 8 heteroatoms. The summed E-state index contributed by atoms with van der Waals surface area (Å²) in [5, 5.41) is 8.54. The minimum atomic E-state index is -3.47. The van der Waals surface area contributed by atoms with Gasteiger partial charge < -0.3 is 5.11 Å². The lowest BCUT2D eigenvalue weighted by atomic mass is 10.5. The minimum Gasteiger partial charge on any atom is -0.396 e. The van der Waals surface area contributed by atoms with Crippen molar-refractivity contribution in [2.24, 2.45) is 0 Å². The SMILES string of the molecule is O=S(=O)(NCCCO)c1cc(Br)sc1Br. The molecule has 0 saturated carbocycles. The molecule has 0 aromatic carbocycles. The number of rotatable bonds is 5. The van der Waals surface area contributed by atoms with Gasteiger partial charge in [0.2, 0.25) is 10.0 Å². The zero-order valence-corrected chi connectivity index (χ0v) is 12.3. The largest absolute Gasteiger partial charge is 0.396 e. The summed E-state index contributed by atoms with van der Waals surface area (Å²) >= 11 is 7.70. The summed E-state index contributed by atoms with van der Waals surface area (Å²) in [5.41, 5.74) is 0.